The topological polar surface area (TPSA) is 179 Å². The van der Waals surface area contributed by atoms with Gasteiger partial charge in [-0.1, -0.05) is 48.5 Å². The van der Waals surface area contributed by atoms with Crippen molar-refractivity contribution in [3.8, 4) is 34.1 Å². The largest absolute Gasteiger partial charge is 0.545 e. The van der Waals surface area contributed by atoms with E-state index in [2.05, 4.69) is 0 Å². The Kier molecular flexibility index (Phi) is 7.06. The zero-order valence-electron chi connectivity index (χ0n) is 19.2. The molecule has 0 aliphatic carbocycles. The lowest BCUT2D eigenvalue weighted by Gasteiger charge is -2.17. The van der Waals surface area contributed by atoms with Crippen molar-refractivity contribution in [2.24, 2.45) is 0 Å². The number of benzene rings is 4. The standard InChI is InChI=1S/C28H18O10/c29-25(30)19-3-1-5-21(23(19)27(33)34)37-17-11-7-15(8-12-17)16-9-13-18(14-10-16)38-22-6-2-4-20(26(31)32)24(22)28(35)36/h1-14H,(H,29,30)(H,31,32)(H,33,34)(H,35,36)/p-4. The zero-order chi connectivity index (χ0) is 27.4. The summed E-state index contributed by atoms with van der Waals surface area (Å²) in [7, 11) is 0. The van der Waals surface area contributed by atoms with Crippen LogP contribution < -0.4 is 29.9 Å². The first-order valence-corrected chi connectivity index (χ1v) is 10.8. The van der Waals surface area contributed by atoms with Crippen LogP contribution in [0.5, 0.6) is 23.0 Å². The summed E-state index contributed by atoms with van der Waals surface area (Å²) >= 11 is 0. The predicted octanol–water partition coefficient (Wildman–Crippen LogP) is 0.392. The Labute approximate surface area is 214 Å². The molecule has 38 heavy (non-hydrogen) atoms. The lowest BCUT2D eigenvalue weighted by molar-refractivity contribution is -0.259. The zero-order valence-corrected chi connectivity index (χ0v) is 19.2. The predicted molar refractivity (Wildman–Crippen MR) is 122 cm³/mol. The van der Waals surface area contributed by atoms with E-state index in [1.807, 2.05) is 0 Å². The Morgan fingerprint density at radius 2 is 0.789 bits per heavy atom. The fraction of sp³-hybridized carbons (Fsp3) is 0. The summed E-state index contributed by atoms with van der Waals surface area (Å²) in [6, 6.07) is 20.2. The quantitative estimate of drug-likeness (QED) is 0.306. The molecule has 190 valence electrons. The fourth-order valence-electron chi connectivity index (χ4n) is 3.68. The van der Waals surface area contributed by atoms with Crippen molar-refractivity contribution in [3.05, 3.63) is 107 Å². The molecule has 0 bridgehead atoms. The first-order valence-electron chi connectivity index (χ1n) is 10.8. The molecular formula is C28H14O10-4. The first kappa shape index (κ1) is 25.5. The van der Waals surface area contributed by atoms with E-state index in [4.69, 9.17) is 9.47 Å². The molecule has 10 heteroatoms. The Hall–Kier alpha value is -5.64. The molecule has 0 saturated heterocycles. The van der Waals surface area contributed by atoms with Crippen LogP contribution in [0.2, 0.25) is 0 Å². The minimum Gasteiger partial charge on any atom is -0.545 e. The van der Waals surface area contributed by atoms with Crippen LogP contribution in [0.25, 0.3) is 11.1 Å². The molecule has 4 rings (SSSR count). The molecule has 0 fully saturated rings. The number of carboxylic acids is 4. The number of rotatable bonds is 9. The average molecular weight is 510 g/mol. The van der Waals surface area contributed by atoms with E-state index >= 15 is 0 Å². The maximum atomic E-state index is 11.5. The third-order valence-corrected chi connectivity index (χ3v) is 5.40. The van der Waals surface area contributed by atoms with E-state index in [0.717, 1.165) is 23.3 Å². The van der Waals surface area contributed by atoms with Crippen LogP contribution >= 0.6 is 0 Å². The lowest BCUT2D eigenvalue weighted by Crippen LogP contribution is -2.30. The van der Waals surface area contributed by atoms with E-state index in [1.165, 1.54) is 24.3 Å². The number of hydrogen-bond donors (Lipinski definition) is 0. The molecule has 0 amide bonds. The van der Waals surface area contributed by atoms with Gasteiger partial charge < -0.3 is 49.1 Å². The van der Waals surface area contributed by atoms with Gasteiger partial charge in [0.05, 0.1) is 23.9 Å². The van der Waals surface area contributed by atoms with Crippen LogP contribution in [-0.2, 0) is 0 Å². The molecule has 0 aliphatic rings. The van der Waals surface area contributed by atoms with E-state index < -0.39 is 46.1 Å². The lowest BCUT2D eigenvalue weighted by atomic mass is 10.0. The molecule has 0 N–H and O–H groups in total. The van der Waals surface area contributed by atoms with Crippen LogP contribution in [0, 0.1) is 0 Å². The highest BCUT2D eigenvalue weighted by Gasteiger charge is 2.14. The van der Waals surface area contributed by atoms with Gasteiger partial charge in [0.2, 0.25) is 0 Å². The molecule has 0 spiro atoms. The van der Waals surface area contributed by atoms with Crippen LogP contribution in [0.4, 0.5) is 0 Å². The summed E-state index contributed by atoms with van der Waals surface area (Å²) in [5.74, 6) is -6.80. The van der Waals surface area contributed by atoms with Crippen molar-refractivity contribution >= 4 is 23.9 Å². The summed E-state index contributed by atoms with van der Waals surface area (Å²) in [5.41, 5.74) is -0.971. The van der Waals surface area contributed by atoms with Crippen molar-refractivity contribution < 1.29 is 49.1 Å². The molecule has 4 aromatic rings. The van der Waals surface area contributed by atoms with Crippen molar-refractivity contribution in [1.29, 1.82) is 0 Å². The summed E-state index contributed by atoms with van der Waals surface area (Å²) in [6.07, 6.45) is 0. The van der Waals surface area contributed by atoms with E-state index in [0.29, 0.717) is 0 Å². The molecule has 10 nitrogen and oxygen atoms in total. The smallest absolute Gasteiger partial charge is 0.137 e. The van der Waals surface area contributed by atoms with Crippen molar-refractivity contribution in [3.63, 3.8) is 0 Å². The van der Waals surface area contributed by atoms with Gasteiger partial charge in [-0.15, -0.1) is 0 Å². The van der Waals surface area contributed by atoms with Gasteiger partial charge in [0, 0.05) is 22.3 Å². The minimum atomic E-state index is -1.73. The van der Waals surface area contributed by atoms with Gasteiger partial charge in [0.15, 0.2) is 0 Å². The maximum Gasteiger partial charge on any atom is 0.137 e. The molecule has 0 aromatic heterocycles. The second-order valence-corrected chi connectivity index (χ2v) is 7.76. The van der Waals surface area contributed by atoms with Crippen LogP contribution in [0.15, 0.2) is 84.9 Å². The maximum absolute atomic E-state index is 11.5. The number of carboxylic acid groups (broad SMARTS) is 4. The van der Waals surface area contributed by atoms with Gasteiger partial charge in [-0.3, -0.25) is 0 Å². The van der Waals surface area contributed by atoms with E-state index in [1.54, 1.807) is 48.5 Å². The second kappa shape index (κ2) is 10.5. The molecule has 0 saturated carbocycles. The Morgan fingerprint density at radius 1 is 0.447 bits per heavy atom. The summed E-state index contributed by atoms with van der Waals surface area (Å²) in [6.45, 7) is 0. The van der Waals surface area contributed by atoms with Gasteiger partial charge in [0.1, 0.15) is 23.0 Å². The fourth-order valence-corrected chi connectivity index (χ4v) is 3.68. The SMILES string of the molecule is O=C([O-])c1cccc(Oc2ccc(-c3ccc(Oc4cccc(C(=O)[O-])c4C(=O)[O-])cc3)cc2)c1C(=O)[O-]. The molecule has 0 radical (unpaired) electrons. The van der Waals surface area contributed by atoms with Gasteiger partial charge in [0.25, 0.3) is 0 Å². The number of carbonyl (C=O) groups is 4. The van der Waals surface area contributed by atoms with Gasteiger partial charge >= 0.3 is 0 Å². The Balaban J connectivity index is 1.53. The monoisotopic (exact) mass is 510 g/mol. The summed E-state index contributed by atoms with van der Waals surface area (Å²) < 4.78 is 11.1. The number of ether oxygens (including phenoxy) is 2. The third-order valence-electron chi connectivity index (χ3n) is 5.40. The van der Waals surface area contributed by atoms with Crippen molar-refractivity contribution in [2.45, 2.75) is 0 Å². The molecule has 0 atom stereocenters. The minimum absolute atomic E-state index is 0.223. The molecular weight excluding hydrogens is 496 g/mol. The first-order chi connectivity index (χ1) is 18.2. The van der Waals surface area contributed by atoms with Gasteiger partial charge in [-0.25, -0.2) is 0 Å². The molecule has 0 unspecified atom stereocenters. The Morgan fingerprint density at radius 3 is 1.08 bits per heavy atom. The second-order valence-electron chi connectivity index (χ2n) is 7.76. The highest BCUT2D eigenvalue weighted by Crippen LogP contribution is 2.32. The Bertz CT molecular complexity index is 1440. The molecule has 4 aromatic carbocycles. The van der Waals surface area contributed by atoms with E-state index in [-0.39, 0.29) is 23.0 Å². The number of hydrogen-bond acceptors (Lipinski definition) is 10. The average Bonchev–Trinajstić information content (AvgIpc) is 2.89. The van der Waals surface area contributed by atoms with Gasteiger partial charge in [-0.05, 0) is 47.5 Å². The number of aromatic carboxylic acids is 4. The van der Waals surface area contributed by atoms with Crippen molar-refractivity contribution in [1.82, 2.24) is 0 Å². The summed E-state index contributed by atoms with van der Waals surface area (Å²) in [5, 5.41) is 45.4. The highest BCUT2D eigenvalue weighted by molar-refractivity contribution is 6.03. The molecule has 0 aliphatic heterocycles. The van der Waals surface area contributed by atoms with Crippen LogP contribution in [-0.4, -0.2) is 23.9 Å². The molecule has 0 heterocycles. The third kappa shape index (κ3) is 5.29. The normalized spacial score (nSPS) is 10.4. The van der Waals surface area contributed by atoms with Gasteiger partial charge in [-0.2, -0.15) is 0 Å². The summed E-state index contributed by atoms with van der Waals surface area (Å²) in [4.78, 5) is 45.4. The van der Waals surface area contributed by atoms with Crippen LogP contribution in [0.3, 0.4) is 0 Å². The van der Waals surface area contributed by atoms with E-state index in [9.17, 15) is 39.6 Å². The van der Waals surface area contributed by atoms with Crippen LogP contribution in [0.1, 0.15) is 41.4 Å². The van der Waals surface area contributed by atoms with Crippen molar-refractivity contribution in [2.75, 3.05) is 0 Å². The highest BCUT2D eigenvalue weighted by atomic mass is 16.5. The number of carbonyl (C=O) groups excluding carboxylic acids is 4.